The van der Waals surface area contributed by atoms with Gasteiger partial charge in [0.05, 0.1) is 47.1 Å². The number of primary amides is 1. The van der Waals surface area contributed by atoms with Crippen LogP contribution in [0.3, 0.4) is 0 Å². The van der Waals surface area contributed by atoms with E-state index in [2.05, 4.69) is 32.4 Å². The van der Waals surface area contributed by atoms with E-state index < -0.39 is 5.91 Å². The van der Waals surface area contributed by atoms with Gasteiger partial charge in [-0.15, -0.1) is 0 Å². The monoisotopic (exact) mass is 513 g/mol. The highest BCUT2D eigenvalue weighted by atomic mass is 16.2. The number of anilines is 2. The summed E-state index contributed by atoms with van der Waals surface area (Å²) >= 11 is 0. The quantitative estimate of drug-likeness (QED) is 0.367. The Balaban J connectivity index is 1.43. The average molecular weight is 514 g/mol. The summed E-state index contributed by atoms with van der Waals surface area (Å²) in [6.07, 6.45) is 9.80. The second-order valence-corrected chi connectivity index (χ2v) is 9.59. The highest BCUT2D eigenvalue weighted by Crippen LogP contribution is 2.31. The maximum atomic E-state index is 12.3. The fourth-order valence-electron chi connectivity index (χ4n) is 4.48. The molecule has 1 fully saturated rings. The van der Waals surface area contributed by atoms with Crippen molar-refractivity contribution in [2.45, 2.75) is 19.5 Å². The molecule has 0 radical (unpaired) electrons. The topological polar surface area (TPSA) is 163 Å². The molecule has 13 heteroatoms. The lowest BCUT2D eigenvalue weighted by Gasteiger charge is -2.20. The first kappa shape index (κ1) is 24.7. The number of fused-ring (bicyclic) bond motifs is 1. The predicted octanol–water partition coefficient (Wildman–Crippen LogP) is 0.983. The van der Waals surface area contributed by atoms with Gasteiger partial charge in [-0.2, -0.15) is 15.5 Å². The minimum atomic E-state index is -0.585. The molecule has 2 atom stereocenters. The number of hydrogen-bond acceptors (Lipinski definition) is 9. The van der Waals surface area contributed by atoms with Gasteiger partial charge in [-0.05, 0) is 12.0 Å². The molecule has 194 valence electrons. The Bertz CT molecular complexity index is 1550. The summed E-state index contributed by atoms with van der Waals surface area (Å²) in [6.45, 7) is 3.54. The molecule has 0 bridgehead atoms. The van der Waals surface area contributed by atoms with Gasteiger partial charge in [-0.3, -0.25) is 14.3 Å². The molecule has 0 aromatic carbocycles. The third kappa shape index (κ3) is 4.71. The first-order valence-electron chi connectivity index (χ1n) is 12.0. The lowest BCUT2D eigenvalue weighted by Crippen LogP contribution is -2.30. The lowest BCUT2D eigenvalue weighted by atomic mass is 10.1. The number of nitrogens with one attached hydrogen (secondary N) is 1. The molecular formula is C25H27N11O2. The number of aromatic nitrogens is 6. The molecule has 1 aliphatic heterocycles. The molecule has 4 aromatic heterocycles. The van der Waals surface area contributed by atoms with Crippen LogP contribution in [0.2, 0.25) is 0 Å². The average Bonchev–Trinajstić information content (AvgIpc) is 3.63. The Morgan fingerprint density at radius 3 is 2.58 bits per heavy atom. The molecule has 13 nitrogen and oxygen atoms in total. The lowest BCUT2D eigenvalue weighted by molar-refractivity contribution is -0.129. The van der Waals surface area contributed by atoms with E-state index in [1.54, 1.807) is 35.7 Å². The summed E-state index contributed by atoms with van der Waals surface area (Å²) in [5, 5.41) is 21.2. The molecule has 1 saturated heterocycles. The van der Waals surface area contributed by atoms with Crippen LogP contribution in [0, 0.1) is 17.2 Å². The van der Waals surface area contributed by atoms with Crippen LogP contribution in [0.25, 0.3) is 16.6 Å². The first-order valence-corrected chi connectivity index (χ1v) is 12.0. The molecule has 0 saturated carbocycles. The van der Waals surface area contributed by atoms with Crippen LogP contribution in [0.4, 0.5) is 11.6 Å². The normalized spacial score (nSPS) is 16.9. The number of rotatable bonds is 7. The van der Waals surface area contributed by atoms with Gasteiger partial charge < -0.3 is 20.9 Å². The number of carbonyl (C=O) groups is 2. The van der Waals surface area contributed by atoms with Gasteiger partial charge in [-0.1, -0.05) is 6.92 Å². The SMILES string of the molecule is C[C@H]1CN(c2ncc(C#N)cn2)C[C@H]1Nc1c(C(N)=O)cnn2cc(-c3cnn(CC(=O)N(C)C)c3)cc12. The molecule has 1 aliphatic rings. The van der Waals surface area contributed by atoms with Gasteiger partial charge in [-0.25, -0.2) is 14.5 Å². The van der Waals surface area contributed by atoms with Crippen molar-refractivity contribution in [3.8, 4) is 17.2 Å². The zero-order valence-corrected chi connectivity index (χ0v) is 21.2. The molecule has 5 rings (SSSR count). The molecule has 38 heavy (non-hydrogen) atoms. The van der Waals surface area contributed by atoms with E-state index in [-0.39, 0.29) is 30.0 Å². The van der Waals surface area contributed by atoms with Crippen LogP contribution in [0.1, 0.15) is 22.8 Å². The van der Waals surface area contributed by atoms with Crippen molar-refractivity contribution in [2.75, 3.05) is 37.4 Å². The maximum Gasteiger partial charge on any atom is 0.252 e. The largest absolute Gasteiger partial charge is 0.378 e. The zero-order chi connectivity index (χ0) is 27.0. The summed E-state index contributed by atoms with van der Waals surface area (Å²) in [5.41, 5.74) is 9.33. The van der Waals surface area contributed by atoms with Gasteiger partial charge in [0.1, 0.15) is 12.6 Å². The third-order valence-electron chi connectivity index (χ3n) is 6.66. The maximum absolute atomic E-state index is 12.3. The van der Waals surface area contributed by atoms with E-state index in [9.17, 15) is 9.59 Å². The number of hydrogen-bond donors (Lipinski definition) is 2. The van der Waals surface area contributed by atoms with Crippen molar-refractivity contribution in [1.82, 2.24) is 34.3 Å². The Morgan fingerprint density at radius 2 is 1.89 bits per heavy atom. The Hall–Kier alpha value is -4.99. The minimum absolute atomic E-state index is 0.0308. The fraction of sp³-hybridized carbons (Fsp3) is 0.320. The summed E-state index contributed by atoms with van der Waals surface area (Å²) in [5.74, 6) is 0.0974. The van der Waals surface area contributed by atoms with Gasteiger partial charge in [0.2, 0.25) is 11.9 Å². The summed E-state index contributed by atoms with van der Waals surface area (Å²) in [6, 6.07) is 3.91. The van der Waals surface area contributed by atoms with Crippen molar-refractivity contribution in [1.29, 1.82) is 5.26 Å². The van der Waals surface area contributed by atoms with Crippen LogP contribution in [0.15, 0.2) is 43.2 Å². The number of carbonyl (C=O) groups excluding carboxylic acids is 2. The van der Waals surface area contributed by atoms with E-state index in [0.717, 1.165) is 11.1 Å². The van der Waals surface area contributed by atoms with Crippen molar-refractivity contribution in [2.24, 2.45) is 11.7 Å². The second-order valence-electron chi connectivity index (χ2n) is 9.59. The van der Waals surface area contributed by atoms with E-state index in [4.69, 9.17) is 11.0 Å². The van der Waals surface area contributed by atoms with Gasteiger partial charge >= 0.3 is 0 Å². The number of nitriles is 1. The molecule has 0 spiro atoms. The molecule has 5 heterocycles. The number of nitrogens with zero attached hydrogens (tertiary/aromatic N) is 9. The standard InChI is InChI=1S/C25H27N11O2/c1-15-10-34(25-28-6-16(5-26)7-29-25)13-20(15)32-23-19(24(27)38)9-31-36-12-17(4-21(23)36)18-8-30-35(11-18)14-22(37)33(2)3/h4,6-9,11-12,15,20,32H,10,13-14H2,1-3H3,(H2,27,38)/t15-,20+/m0/s1. The minimum Gasteiger partial charge on any atom is -0.378 e. The summed E-state index contributed by atoms with van der Waals surface area (Å²) in [4.78, 5) is 36.6. The molecule has 4 aromatic rings. The van der Waals surface area contributed by atoms with Gasteiger partial charge in [0, 0.05) is 56.7 Å². The van der Waals surface area contributed by atoms with Crippen molar-refractivity contribution in [3.05, 3.63) is 54.4 Å². The van der Waals surface area contributed by atoms with Crippen LogP contribution in [-0.2, 0) is 11.3 Å². The van der Waals surface area contributed by atoms with E-state index in [1.807, 2.05) is 23.2 Å². The summed E-state index contributed by atoms with van der Waals surface area (Å²) < 4.78 is 3.27. The number of nitrogens with two attached hydrogens (primary N) is 1. The van der Waals surface area contributed by atoms with Gasteiger partial charge in [0.15, 0.2) is 0 Å². The van der Waals surface area contributed by atoms with Crippen molar-refractivity contribution in [3.63, 3.8) is 0 Å². The van der Waals surface area contributed by atoms with Crippen LogP contribution < -0.4 is 16.0 Å². The van der Waals surface area contributed by atoms with Crippen molar-refractivity contribution < 1.29 is 9.59 Å². The Morgan fingerprint density at radius 1 is 1.13 bits per heavy atom. The van der Waals surface area contributed by atoms with Crippen LogP contribution >= 0.6 is 0 Å². The second kappa shape index (κ2) is 9.81. The Labute approximate surface area is 218 Å². The van der Waals surface area contributed by atoms with Crippen LogP contribution in [0.5, 0.6) is 0 Å². The molecule has 0 aliphatic carbocycles. The van der Waals surface area contributed by atoms with Crippen LogP contribution in [-0.4, -0.2) is 79.3 Å². The predicted molar refractivity (Wildman–Crippen MR) is 139 cm³/mol. The molecular weight excluding hydrogens is 486 g/mol. The highest BCUT2D eigenvalue weighted by molar-refractivity contribution is 6.02. The molecule has 3 N–H and O–H groups in total. The molecule has 0 unspecified atom stereocenters. The summed E-state index contributed by atoms with van der Waals surface area (Å²) in [7, 11) is 3.40. The Kier molecular flexibility index (Phi) is 6.38. The number of amides is 2. The first-order chi connectivity index (χ1) is 18.2. The zero-order valence-electron chi connectivity index (χ0n) is 21.2. The fourth-order valence-corrected chi connectivity index (χ4v) is 4.48. The van der Waals surface area contributed by atoms with E-state index in [1.165, 1.54) is 23.5 Å². The smallest absolute Gasteiger partial charge is 0.252 e. The third-order valence-corrected chi connectivity index (χ3v) is 6.66. The van der Waals surface area contributed by atoms with Gasteiger partial charge in [0.25, 0.3) is 5.91 Å². The highest BCUT2D eigenvalue weighted by Gasteiger charge is 2.32. The van der Waals surface area contributed by atoms with Crippen molar-refractivity contribution >= 4 is 29.0 Å². The van der Waals surface area contributed by atoms with E-state index in [0.29, 0.717) is 35.8 Å². The van der Waals surface area contributed by atoms with E-state index >= 15 is 0 Å². The molecule has 2 amide bonds. The number of likely N-dealkylation sites (N-methyl/N-ethyl adjacent to an activating group) is 1.